The predicted octanol–water partition coefficient (Wildman–Crippen LogP) is 3.40. The Kier molecular flexibility index (Phi) is 3.72. The molecule has 0 aromatic heterocycles. The highest BCUT2D eigenvalue weighted by Gasteiger charge is 2.35. The van der Waals surface area contributed by atoms with Gasteiger partial charge < -0.3 is 0 Å². The summed E-state index contributed by atoms with van der Waals surface area (Å²) in [6.45, 7) is 0. The molecule has 0 spiro atoms. The number of hydrogen-bond donors (Lipinski definition) is 0. The van der Waals surface area contributed by atoms with Gasteiger partial charge in [-0.05, 0) is 25.3 Å². The Morgan fingerprint density at radius 2 is 1.93 bits per heavy atom. The van der Waals surface area contributed by atoms with Gasteiger partial charge in [-0.25, -0.2) is 4.39 Å². The monoisotopic (exact) mass is 206 g/mol. The molecule has 0 radical (unpaired) electrons. The summed E-state index contributed by atoms with van der Waals surface area (Å²) in [5, 5.41) is 0. The van der Waals surface area contributed by atoms with Crippen LogP contribution >= 0.6 is 0 Å². The molecule has 1 aliphatic rings. The Balaban J connectivity index is 2.69. The van der Waals surface area contributed by atoms with E-state index >= 15 is 0 Å². The highest BCUT2D eigenvalue weighted by molar-refractivity contribution is 5.78. The predicted molar refractivity (Wildman–Crippen MR) is 46.8 cm³/mol. The fourth-order valence-corrected chi connectivity index (χ4v) is 1.39. The Labute approximate surface area is 81.0 Å². The van der Waals surface area contributed by atoms with Crippen molar-refractivity contribution < 1.29 is 18.0 Å². The van der Waals surface area contributed by atoms with Crippen LogP contribution in [0.2, 0.25) is 0 Å². The first-order valence-corrected chi connectivity index (χ1v) is 4.78. The molecule has 80 valence electrons. The highest BCUT2D eigenvalue weighted by Crippen LogP contribution is 2.31. The van der Waals surface area contributed by atoms with Crippen LogP contribution < -0.4 is 0 Å². The average molecular weight is 206 g/mol. The first-order valence-electron chi connectivity index (χ1n) is 4.78. The van der Waals surface area contributed by atoms with Gasteiger partial charge in [-0.15, -0.1) is 0 Å². The lowest BCUT2D eigenvalue weighted by Gasteiger charge is -2.15. The average Bonchev–Trinajstić information content (AvgIpc) is 2.13. The molecule has 0 bridgehead atoms. The fourth-order valence-electron chi connectivity index (χ4n) is 1.39. The van der Waals surface area contributed by atoms with Crippen molar-refractivity contribution in [3.8, 4) is 0 Å². The normalized spacial score (nSPS) is 27.9. The molecule has 0 aromatic carbocycles. The molecule has 0 N–H and O–H groups in total. The SMILES string of the molecule is O=C1CCCC/C=C(/F)C(F)(F)CC1. The Morgan fingerprint density at radius 1 is 1.21 bits per heavy atom. The van der Waals surface area contributed by atoms with Crippen LogP contribution in [0.4, 0.5) is 13.2 Å². The number of Topliss-reactive ketones (excluding diaryl/α,β-unsaturated/α-hetero) is 1. The van der Waals surface area contributed by atoms with Gasteiger partial charge in [0.1, 0.15) is 5.78 Å². The number of hydrogen-bond acceptors (Lipinski definition) is 1. The molecule has 1 nitrogen and oxygen atoms in total. The molecule has 0 unspecified atom stereocenters. The van der Waals surface area contributed by atoms with Gasteiger partial charge in [0.2, 0.25) is 0 Å². The Morgan fingerprint density at radius 3 is 2.64 bits per heavy atom. The molecule has 0 aromatic rings. The van der Waals surface area contributed by atoms with E-state index in [0.29, 0.717) is 19.3 Å². The summed E-state index contributed by atoms with van der Waals surface area (Å²) in [5.74, 6) is -5.03. The first kappa shape index (κ1) is 11.3. The molecule has 0 saturated heterocycles. The molecule has 4 heteroatoms. The molecular weight excluding hydrogens is 193 g/mol. The number of halogens is 3. The molecule has 0 aliphatic heterocycles. The van der Waals surface area contributed by atoms with Crippen molar-refractivity contribution in [3.63, 3.8) is 0 Å². The van der Waals surface area contributed by atoms with Gasteiger partial charge in [-0.2, -0.15) is 8.78 Å². The second-order valence-electron chi connectivity index (χ2n) is 3.54. The number of ketones is 1. The topological polar surface area (TPSA) is 17.1 Å². The minimum absolute atomic E-state index is 0.195. The van der Waals surface area contributed by atoms with E-state index in [1.54, 1.807) is 0 Å². The van der Waals surface area contributed by atoms with E-state index in [-0.39, 0.29) is 18.6 Å². The van der Waals surface area contributed by atoms with Gasteiger partial charge in [0.05, 0.1) is 0 Å². The lowest BCUT2D eigenvalue weighted by Crippen LogP contribution is -2.19. The summed E-state index contributed by atoms with van der Waals surface area (Å²) in [4.78, 5) is 11.0. The second kappa shape index (κ2) is 4.62. The van der Waals surface area contributed by atoms with Crippen LogP contribution in [0.25, 0.3) is 0 Å². The number of alkyl halides is 2. The van der Waals surface area contributed by atoms with Gasteiger partial charge in [0.15, 0.2) is 5.83 Å². The molecule has 1 rings (SSSR count). The maximum Gasteiger partial charge on any atom is 0.298 e. The molecule has 0 heterocycles. The number of rotatable bonds is 0. The molecule has 0 atom stereocenters. The Bertz CT molecular complexity index is 246. The summed E-state index contributed by atoms with van der Waals surface area (Å²) < 4.78 is 38.7. The zero-order valence-corrected chi connectivity index (χ0v) is 7.86. The third-order valence-electron chi connectivity index (χ3n) is 2.30. The zero-order chi connectivity index (χ0) is 10.6. The molecule has 0 saturated carbocycles. The third kappa shape index (κ3) is 3.16. The van der Waals surface area contributed by atoms with E-state index < -0.39 is 18.2 Å². The number of carbonyl (C=O) groups is 1. The summed E-state index contributed by atoms with van der Waals surface area (Å²) in [7, 11) is 0. The molecule has 14 heavy (non-hydrogen) atoms. The van der Waals surface area contributed by atoms with Crippen LogP contribution in [-0.2, 0) is 4.79 Å². The van der Waals surface area contributed by atoms with Crippen molar-refractivity contribution >= 4 is 5.78 Å². The number of allylic oxidation sites excluding steroid dienone is 2. The molecule has 0 fully saturated rings. The molecule has 0 amide bonds. The minimum Gasteiger partial charge on any atom is -0.300 e. The third-order valence-corrected chi connectivity index (χ3v) is 2.30. The number of carbonyl (C=O) groups excluding carboxylic acids is 1. The van der Waals surface area contributed by atoms with Crippen molar-refractivity contribution in [1.82, 2.24) is 0 Å². The molecule has 1 aliphatic carbocycles. The summed E-state index contributed by atoms with van der Waals surface area (Å²) in [5.41, 5.74) is 0. The first-order chi connectivity index (χ1) is 6.52. The summed E-state index contributed by atoms with van der Waals surface area (Å²) in [6.07, 6.45) is 1.89. The van der Waals surface area contributed by atoms with Crippen molar-refractivity contribution in [2.45, 2.75) is 44.4 Å². The van der Waals surface area contributed by atoms with Crippen molar-refractivity contribution in [3.05, 3.63) is 11.9 Å². The minimum atomic E-state index is -3.45. The van der Waals surface area contributed by atoms with E-state index in [4.69, 9.17) is 0 Å². The maximum absolute atomic E-state index is 12.9. The highest BCUT2D eigenvalue weighted by atomic mass is 19.3. The lowest BCUT2D eigenvalue weighted by atomic mass is 10.0. The largest absolute Gasteiger partial charge is 0.300 e. The van der Waals surface area contributed by atoms with E-state index in [1.165, 1.54) is 0 Å². The van der Waals surface area contributed by atoms with Crippen LogP contribution in [0.3, 0.4) is 0 Å². The van der Waals surface area contributed by atoms with Gasteiger partial charge in [0.25, 0.3) is 5.92 Å². The lowest BCUT2D eigenvalue weighted by molar-refractivity contribution is -0.121. The quantitative estimate of drug-likeness (QED) is 0.593. The van der Waals surface area contributed by atoms with Crippen molar-refractivity contribution in [2.24, 2.45) is 0 Å². The fraction of sp³-hybridized carbons (Fsp3) is 0.700. The van der Waals surface area contributed by atoms with Gasteiger partial charge in [0, 0.05) is 19.3 Å². The van der Waals surface area contributed by atoms with E-state index in [1.807, 2.05) is 0 Å². The smallest absolute Gasteiger partial charge is 0.298 e. The van der Waals surface area contributed by atoms with Crippen LogP contribution in [0.15, 0.2) is 11.9 Å². The van der Waals surface area contributed by atoms with Gasteiger partial charge in [-0.3, -0.25) is 4.79 Å². The molecular formula is C10H13F3O. The van der Waals surface area contributed by atoms with Gasteiger partial charge in [-0.1, -0.05) is 0 Å². The second-order valence-corrected chi connectivity index (χ2v) is 3.54. The Hall–Kier alpha value is -0.800. The summed E-state index contributed by atoms with van der Waals surface area (Å²) >= 11 is 0. The standard InChI is InChI=1S/C10H13F3O/c11-9-5-3-1-2-4-8(14)6-7-10(9,12)13/h5H,1-4,6-7H2/b9-5+. The van der Waals surface area contributed by atoms with E-state index in [2.05, 4.69) is 0 Å². The van der Waals surface area contributed by atoms with Crippen LogP contribution in [-0.4, -0.2) is 11.7 Å². The van der Waals surface area contributed by atoms with Crippen molar-refractivity contribution in [2.75, 3.05) is 0 Å². The van der Waals surface area contributed by atoms with Crippen molar-refractivity contribution in [1.29, 1.82) is 0 Å². The van der Waals surface area contributed by atoms with Crippen LogP contribution in [0.5, 0.6) is 0 Å². The zero-order valence-electron chi connectivity index (χ0n) is 7.86. The van der Waals surface area contributed by atoms with E-state index in [9.17, 15) is 18.0 Å². The van der Waals surface area contributed by atoms with Gasteiger partial charge >= 0.3 is 0 Å². The van der Waals surface area contributed by atoms with Crippen LogP contribution in [0.1, 0.15) is 38.5 Å². The van der Waals surface area contributed by atoms with E-state index in [0.717, 1.165) is 6.08 Å². The maximum atomic E-state index is 12.9. The van der Waals surface area contributed by atoms with Crippen LogP contribution in [0, 0.1) is 0 Å². The summed E-state index contributed by atoms with van der Waals surface area (Å²) in [6, 6.07) is 0.